The van der Waals surface area contributed by atoms with Crippen LogP contribution >= 0.6 is 23.2 Å². The van der Waals surface area contributed by atoms with Crippen molar-refractivity contribution in [3.63, 3.8) is 0 Å². The zero-order chi connectivity index (χ0) is 18.8. The Balaban J connectivity index is 1.71. The number of aromatic nitrogens is 2. The number of carboxylic acid groups (broad SMARTS) is 1. The number of carboxylic acids is 1. The van der Waals surface area contributed by atoms with Crippen LogP contribution < -0.4 is 5.32 Å². The molecular formula is C18H19Cl2N3O3. The van der Waals surface area contributed by atoms with Crippen LogP contribution in [-0.2, 0) is 4.79 Å². The molecule has 1 aliphatic carbocycles. The van der Waals surface area contributed by atoms with Crippen LogP contribution in [0.15, 0.2) is 24.3 Å². The standard InChI is InChI=1S/C18H19Cl2N3O3/c1-10-8-15(22-23(10)16-7-4-12(19)9-14(16)20)17(24)21-13-5-2-11(3-6-13)18(25)26/h4,7-9,11,13H,2-3,5-6H2,1H3,(H,21,24)(H,25,26). The first-order valence-corrected chi connectivity index (χ1v) is 9.16. The molecule has 1 heterocycles. The smallest absolute Gasteiger partial charge is 0.306 e. The van der Waals surface area contributed by atoms with E-state index in [1.165, 1.54) is 0 Å². The zero-order valence-electron chi connectivity index (χ0n) is 14.2. The molecule has 2 aromatic rings. The van der Waals surface area contributed by atoms with Gasteiger partial charge in [-0.25, -0.2) is 4.68 Å². The van der Waals surface area contributed by atoms with Crippen LogP contribution in [0.4, 0.5) is 0 Å². The van der Waals surface area contributed by atoms with Crippen molar-refractivity contribution in [3.05, 3.63) is 45.7 Å². The first-order chi connectivity index (χ1) is 12.3. The second kappa shape index (κ2) is 7.68. The molecule has 0 unspecified atom stereocenters. The molecule has 0 atom stereocenters. The summed E-state index contributed by atoms with van der Waals surface area (Å²) in [7, 11) is 0. The Morgan fingerprint density at radius 3 is 2.50 bits per heavy atom. The first-order valence-electron chi connectivity index (χ1n) is 8.41. The van der Waals surface area contributed by atoms with E-state index in [9.17, 15) is 9.59 Å². The first kappa shape index (κ1) is 18.7. The van der Waals surface area contributed by atoms with Crippen LogP contribution in [0.5, 0.6) is 0 Å². The molecule has 0 bridgehead atoms. The van der Waals surface area contributed by atoms with Crippen LogP contribution in [-0.4, -0.2) is 32.8 Å². The maximum Gasteiger partial charge on any atom is 0.306 e. The highest BCUT2D eigenvalue weighted by Crippen LogP contribution is 2.26. The summed E-state index contributed by atoms with van der Waals surface area (Å²) in [5, 5.41) is 17.3. The third-order valence-electron chi connectivity index (χ3n) is 4.67. The van der Waals surface area contributed by atoms with Crippen molar-refractivity contribution in [3.8, 4) is 5.69 Å². The lowest BCUT2D eigenvalue weighted by molar-refractivity contribution is -0.142. The summed E-state index contributed by atoms with van der Waals surface area (Å²) in [5.74, 6) is -1.34. The third kappa shape index (κ3) is 4.02. The second-order valence-electron chi connectivity index (χ2n) is 6.54. The normalized spacial score (nSPS) is 20.0. The van der Waals surface area contributed by atoms with Gasteiger partial charge in [-0.3, -0.25) is 9.59 Å². The average Bonchev–Trinajstić information content (AvgIpc) is 2.97. The highest BCUT2D eigenvalue weighted by molar-refractivity contribution is 6.35. The van der Waals surface area contributed by atoms with Crippen molar-refractivity contribution in [2.75, 3.05) is 0 Å². The van der Waals surface area contributed by atoms with Crippen LogP contribution in [0, 0.1) is 12.8 Å². The summed E-state index contributed by atoms with van der Waals surface area (Å²) >= 11 is 12.1. The topological polar surface area (TPSA) is 84.2 Å². The largest absolute Gasteiger partial charge is 0.481 e. The maximum atomic E-state index is 12.5. The fraction of sp³-hybridized carbons (Fsp3) is 0.389. The number of hydrogen-bond donors (Lipinski definition) is 2. The number of aliphatic carboxylic acids is 1. The van der Waals surface area contributed by atoms with Crippen LogP contribution in [0.2, 0.25) is 10.0 Å². The van der Waals surface area contributed by atoms with Crippen LogP contribution in [0.1, 0.15) is 41.9 Å². The van der Waals surface area contributed by atoms with Gasteiger partial charge < -0.3 is 10.4 Å². The highest BCUT2D eigenvalue weighted by Gasteiger charge is 2.27. The van der Waals surface area contributed by atoms with Gasteiger partial charge in [-0.1, -0.05) is 23.2 Å². The molecule has 0 spiro atoms. The molecule has 6 nitrogen and oxygen atoms in total. The average molecular weight is 396 g/mol. The van der Waals surface area contributed by atoms with Crippen LogP contribution in [0.3, 0.4) is 0 Å². The molecule has 0 radical (unpaired) electrons. The number of nitrogens with one attached hydrogen (secondary N) is 1. The van der Waals surface area contributed by atoms with Gasteiger partial charge in [-0.2, -0.15) is 5.10 Å². The van der Waals surface area contributed by atoms with Gasteiger partial charge >= 0.3 is 5.97 Å². The lowest BCUT2D eigenvalue weighted by atomic mass is 9.86. The molecule has 1 aromatic carbocycles. The Morgan fingerprint density at radius 1 is 1.19 bits per heavy atom. The van der Waals surface area contributed by atoms with E-state index < -0.39 is 5.97 Å². The Morgan fingerprint density at radius 2 is 1.88 bits per heavy atom. The summed E-state index contributed by atoms with van der Waals surface area (Å²) in [5.41, 5.74) is 1.72. The third-order valence-corrected chi connectivity index (χ3v) is 5.21. The lowest BCUT2D eigenvalue weighted by Crippen LogP contribution is -2.38. The van der Waals surface area contributed by atoms with E-state index >= 15 is 0 Å². The molecule has 3 rings (SSSR count). The fourth-order valence-corrected chi connectivity index (χ4v) is 3.71. The predicted octanol–water partition coefficient (Wildman–Crippen LogP) is 3.86. The lowest BCUT2D eigenvalue weighted by Gasteiger charge is -2.26. The molecule has 8 heteroatoms. The Labute approximate surface area is 161 Å². The molecule has 1 aliphatic rings. The highest BCUT2D eigenvalue weighted by atomic mass is 35.5. The molecule has 138 valence electrons. The van der Waals surface area contributed by atoms with Gasteiger partial charge in [0.2, 0.25) is 0 Å². The van der Waals surface area contributed by atoms with E-state index in [0.717, 1.165) is 5.69 Å². The minimum Gasteiger partial charge on any atom is -0.481 e. The van der Waals surface area contributed by atoms with E-state index in [1.807, 2.05) is 6.92 Å². The molecule has 0 saturated heterocycles. The van der Waals surface area contributed by atoms with Crippen molar-refractivity contribution >= 4 is 35.1 Å². The number of carbonyl (C=O) groups excluding carboxylic acids is 1. The molecule has 1 saturated carbocycles. The van der Waals surface area contributed by atoms with Gasteiger partial charge in [0, 0.05) is 16.8 Å². The van der Waals surface area contributed by atoms with E-state index in [-0.39, 0.29) is 17.9 Å². The van der Waals surface area contributed by atoms with E-state index in [2.05, 4.69) is 10.4 Å². The van der Waals surface area contributed by atoms with Crippen molar-refractivity contribution < 1.29 is 14.7 Å². The molecule has 1 fully saturated rings. The van der Waals surface area contributed by atoms with Gasteiger partial charge in [-0.15, -0.1) is 0 Å². The summed E-state index contributed by atoms with van der Waals surface area (Å²) in [6.07, 6.45) is 2.47. The van der Waals surface area contributed by atoms with Gasteiger partial charge in [0.1, 0.15) is 0 Å². The van der Waals surface area contributed by atoms with Crippen molar-refractivity contribution in [2.24, 2.45) is 5.92 Å². The molecular weight excluding hydrogens is 377 g/mol. The van der Waals surface area contributed by atoms with Crippen molar-refractivity contribution in [1.82, 2.24) is 15.1 Å². The second-order valence-corrected chi connectivity index (χ2v) is 7.38. The summed E-state index contributed by atoms with van der Waals surface area (Å²) in [4.78, 5) is 23.5. The zero-order valence-corrected chi connectivity index (χ0v) is 15.7. The number of aryl methyl sites for hydroxylation is 1. The summed E-state index contributed by atoms with van der Waals surface area (Å²) in [6.45, 7) is 1.84. The van der Waals surface area contributed by atoms with Crippen molar-refractivity contribution in [1.29, 1.82) is 0 Å². The molecule has 1 aromatic heterocycles. The molecule has 2 N–H and O–H groups in total. The van der Waals surface area contributed by atoms with Gasteiger partial charge in [0.15, 0.2) is 5.69 Å². The Hall–Kier alpha value is -2.05. The predicted molar refractivity (Wildman–Crippen MR) is 99.2 cm³/mol. The van der Waals surface area contributed by atoms with Crippen molar-refractivity contribution in [2.45, 2.75) is 38.6 Å². The SMILES string of the molecule is Cc1cc(C(=O)NC2CCC(C(=O)O)CC2)nn1-c1ccc(Cl)cc1Cl. The number of nitrogens with zero attached hydrogens (tertiary/aromatic N) is 2. The fourth-order valence-electron chi connectivity index (χ4n) is 3.23. The number of amides is 1. The maximum absolute atomic E-state index is 12.5. The number of halogens is 2. The Bertz CT molecular complexity index is 842. The van der Waals surface area contributed by atoms with E-state index in [4.69, 9.17) is 28.3 Å². The minimum absolute atomic E-state index is 0.0253. The van der Waals surface area contributed by atoms with Crippen LogP contribution in [0.25, 0.3) is 5.69 Å². The number of rotatable bonds is 4. The van der Waals surface area contributed by atoms with E-state index in [1.54, 1.807) is 28.9 Å². The molecule has 1 amide bonds. The van der Waals surface area contributed by atoms with E-state index in [0.29, 0.717) is 47.1 Å². The molecule has 26 heavy (non-hydrogen) atoms. The summed E-state index contributed by atoms with van der Waals surface area (Å²) < 4.78 is 1.61. The minimum atomic E-state index is -0.760. The monoisotopic (exact) mass is 395 g/mol. The summed E-state index contributed by atoms with van der Waals surface area (Å²) in [6, 6.07) is 6.76. The number of hydrogen-bond acceptors (Lipinski definition) is 3. The molecule has 0 aliphatic heterocycles. The quantitative estimate of drug-likeness (QED) is 0.822. The Kier molecular flexibility index (Phi) is 5.53. The van der Waals surface area contributed by atoms with Gasteiger partial charge in [-0.05, 0) is 56.9 Å². The number of benzene rings is 1. The number of carbonyl (C=O) groups is 2. The van der Waals surface area contributed by atoms with Gasteiger partial charge in [0.05, 0.1) is 16.6 Å². The van der Waals surface area contributed by atoms with Gasteiger partial charge in [0.25, 0.3) is 5.91 Å².